The Morgan fingerprint density at radius 3 is 1.27 bits per heavy atom. The van der Waals surface area contributed by atoms with Gasteiger partial charge in [-0.15, -0.1) is 0 Å². The Labute approximate surface area is 92.6 Å². The summed E-state index contributed by atoms with van der Waals surface area (Å²) in [4.78, 5) is 8.41. The van der Waals surface area contributed by atoms with Crippen molar-refractivity contribution in [1.82, 2.24) is 0 Å². The molecule has 0 radical (unpaired) electrons. The van der Waals surface area contributed by atoms with E-state index in [0.717, 1.165) is 0 Å². The van der Waals surface area contributed by atoms with Crippen LogP contribution < -0.4 is 0 Å². The van der Waals surface area contributed by atoms with Crippen molar-refractivity contribution in [2.24, 2.45) is 0 Å². The van der Waals surface area contributed by atoms with Crippen molar-refractivity contribution in [3.05, 3.63) is 10.1 Å². The summed E-state index contributed by atoms with van der Waals surface area (Å²) in [5.41, 5.74) is 0. The van der Waals surface area contributed by atoms with Crippen LogP contribution in [0.1, 0.15) is 0 Å². The van der Waals surface area contributed by atoms with E-state index in [4.69, 9.17) is 69.6 Å². The van der Waals surface area contributed by atoms with Crippen LogP contribution in [0, 0.1) is 10.1 Å². The summed E-state index contributed by atoms with van der Waals surface area (Å²) in [5.74, 6) is 0. The standard InChI is InChI=1S/CCl3NO2.CHCl3/c2-1(3,4)5(6)7;2-1(3)4/h;1H. The lowest BCUT2D eigenvalue weighted by molar-refractivity contribution is -0.491. The zero-order chi connectivity index (χ0) is 9.65. The third-order valence-electron chi connectivity index (χ3n) is 0.207. The van der Waals surface area contributed by atoms with Crippen LogP contribution >= 0.6 is 69.6 Å². The molecule has 0 aliphatic heterocycles. The molecular formula is C2HCl6NO2. The van der Waals surface area contributed by atoms with Crippen LogP contribution in [0.15, 0.2) is 0 Å². The van der Waals surface area contributed by atoms with Crippen LogP contribution in [-0.4, -0.2) is 13.1 Å². The maximum absolute atomic E-state index is 9.43. The molecule has 0 aliphatic rings. The highest BCUT2D eigenvalue weighted by Gasteiger charge is 2.33. The Morgan fingerprint density at radius 1 is 1.18 bits per heavy atom. The largest absolute Gasteiger partial charge is 0.449 e. The first-order valence-electron chi connectivity index (χ1n) is 1.81. The second-order valence-corrected chi connectivity index (χ2v) is 5.17. The van der Waals surface area contributed by atoms with E-state index in [0.29, 0.717) is 0 Å². The van der Waals surface area contributed by atoms with Gasteiger partial charge in [-0.1, -0.05) is 34.8 Å². The minimum Gasteiger partial charge on any atom is -0.260 e. The van der Waals surface area contributed by atoms with Gasteiger partial charge in [0.25, 0.3) is 0 Å². The van der Waals surface area contributed by atoms with E-state index < -0.39 is 13.1 Å². The Balaban J connectivity index is 0. The molecule has 68 valence electrons. The zero-order valence-electron chi connectivity index (χ0n) is 4.61. The zero-order valence-corrected chi connectivity index (χ0v) is 9.14. The molecule has 0 heterocycles. The van der Waals surface area contributed by atoms with E-state index >= 15 is 0 Å². The average molecular weight is 284 g/mol. The number of hydrogen-bond acceptors (Lipinski definition) is 2. The topological polar surface area (TPSA) is 43.1 Å². The SMILES string of the molecule is ClC(Cl)Cl.O=[N+]([O-])C(Cl)(Cl)Cl. The van der Waals surface area contributed by atoms with Crippen molar-refractivity contribution in [3.8, 4) is 0 Å². The summed E-state index contributed by atoms with van der Waals surface area (Å²) < 4.78 is -3.11. The van der Waals surface area contributed by atoms with E-state index in [-0.39, 0.29) is 0 Å². The highest BCUT2D eigenvalue weighted by atomic mass is 35.6. The predicted molar refractivity (Wildman–Crippen MR) is 48.6 cm³/mol. The summed E-state index contributed by atoms with van der Waals surface area (Å²) in [6.45, 7) is 0. The molecule has 0 unspecified atom stereocenters. The molecule has 0 spiro atoms. The Kier molecular flexibility index (Phi) is 8.84. The van der Waals surface area contributed by atoms with Crippen molar-refractivity contribution in [1.29, 1.82) is 0 Å². The molecule has 0 saturated heterocycles. The van der Waals surface area contributed by atoms with E-state index in [1.54, 1.807) is 0 Å². The van der Waals surface area contributed by atoms with Crippen LogP contribution in [0.2, 0.25) is 0 Å². The van der Waals surface area contributed by atoms with E-state index in [9.17, 15) is 10.1 Å². The van der Waals surface area contributed by atoms with Crippen molar-refractivity contribution in [2.45, 2.75) is 8.21 Å². The monoisotopic (exact) mass is 281 g/mol. The minimum atomic E-state index is -2.36. The number of nitro groups is 1. The van der Waals surface area contributed by atoms with Gasteiger partial charge in [-0.3, -0.25) is 10.1 Å². The first-order valence-corrected chi connectivity index (χ1v) is 4.25. The van der Waals surface area contributed by atoms with Crippen molar-refractivity contribution in [3.63, 3.8) is 0 Å². The molecule has 0 aromatic carbocycles. The van der Waals surface area contributed by atoms with Crippen molar-refractivity contribution >= 4 is 69.6 Å². The molecule has 0 saturated carbocycles. The van der Waals surface area contributed by atoms with Gasteiger partial charge in [0.1, 0.15) is 0 Å². The third kappa shape index (κ3) is 18.3. The third-order valence-corrected chi connectivity index (χ3v) is 0.621. The molecule has 3 nitrogen and oxygen atoms in total. The van der Waals surface area contributed by atoms with E-state index in [1.165, 1.54) is 0 Å². The lowest BCUT2D eigenvalue weighted by Crippen LogP contribution is -2.15. The quantitative estimate of drug-likeness (QED) is 0.295. The van der Waals surface area contributed by atoms with Gasteiger partial charge < -0.3 is 0 Å². The van der Waals surface area contributed by atoms with Gasteiger partial charge in [-0.05, 0) is 34.8 Å². The molecule has 0 aromatic rings. The number of rotatable bonds is 0. The van der Waals surface area contributed by atoms with Crippen LogP contribution in [0.25, 0.3) is 0 Å². The summed E-state index contributed by atoms with van der Waals surface area (Å²) in [7, 11) is 0. The second kappa shape index (κ2) is 6.63. The van der Waals surface area contributed by atoms with Crippen LogP contribution in [-0.2, 0) is 0 Å². The van der Waals surface area contributed by atoms with E-state index in [1.807, 2.05) is 0 Å². The summed E-state index contributed by atoms with van der Waals surface area (Å²) >= 11 is 28.5. The highest BCUT2D eigenvalue weighted by Crippen LogP contribution is 2.25. The fourth-order valence-corrected chi connectivity index (χ4v) is 0. The Morgan fingerprint density at radius 2 is 1.27 bits per heavy atom. The first-order chi connectivity index (χ1) is 4.68. The average Bonchev–Trinajstić information content (AvgIpc) is 1.59. The number of nitrogens with zero attached hydrogens (tertiary/aromatic N) is 1. The van der Waals surface area contributed by atoms with Crippen molar-refractivity contribution < 1.29 is 4.92 Å². The number of hydrogen-bond donors (Lipinski definition) is 0. The lowest BCUT2D eigenvalue weighted by atomic mass is 11.4. The van der Waals surface area contributed by atoms with Gasteiger partial charge in [0, 0.05) is 0 Å². The molecule has 0 amide bonds. The maximum atomic E-state index is 9.43. The molecule has 0 rings (SSSR count). The molecule has 0 aliphatic carbocycles. The Hall–Kier alpha value is 1.14. The molecule has 0 aromatic heterocycles. The molecule has 11 heavy (non-hydrogen) atoms. The number of alkyl halides is 6. The second-order valence-electron chi connectivity index (χ2n) is 0.972. The van der Waals surface area contributed by atoms with Gasteiger partial charge in [-0.2, -0.15) is 0 Å². The smallest absolute Gasteiger partial charge is 0.260 e. The molecule has 0 bridgehead atoms. The van der Waals surface area contributed by atoms with Gasteiger partial charge >= 0.3 is 3.92 Å². The molecule has 0 atom stereocenters. The molecule has 9 heteroatoms. The van der Waals surface area contributed by atoms with E-state index in [2.05, 4.69) is 0 Å². The van der Waals surface area contributed by atoms with Gasteiger partial charge in [0.2, 0.25) is 0 Å². The molecular weight excluding hydrogens is 283 g/mol. The summed E-state index contributed by atoms with van der Waals surface area (Å²) in [5, 5.41) is 9.43. The van der Waals surface area contributed by atoms with Gasteiger partial charge in [0.15, 0.2) is 4.30 Å². The fourth-order valence-electron chi connectivity index (χ4n) is 0. The summed E-state index contributed by atoms with van der Waals surface area (Å²) in [6.07, 6.45) is 0. The fraction of sp³-hybridized carbons (Fsp3) is 1.00. The van der Waals surface area contributed by atoms with Gasteiger partial charge in [0.05, 0.1) is 4.92 Å². The van der Waals surface area contributed by atoms with Crippen molar-refractivity contribution in [2.75, 3.05) is 0 Å². The van der Waals surface area contributed by atoms with Crippen LogP contribution in [0.3, 0.4) is 0 Å². The minimum absolute atomic E-state index is 0.750. The predicted octanol–water partition coefficient (Wildman–Crippen LogP) is 3.58. The van der Waals surface area contributed by atoms with Crippen LogP contribution in [0.4, 0.5) is 0 Å². The van der Waals surface area contributed by atoms with Crippen LogP contribution in [0.5, 0.6) is 0 Å². The molecule has 0 fully saturated rings. The first kappa shape index (κ1) is 14.7. The summed E-state index contributed by atoms with van der Waals surface area (Å²) in [6, 6.07) is 0. The Bertz CT molecular complexity index is 117. The molecule has 0 N–H and O–H groups in total. The van der Waals surface area contributed by atoms with Gasteiger partial charge in [-0.25, -0.2) is 0 Å². The normalized spacial score (nSPS) is 10.5. The maximum Gasteiger partial charge on any atom is 0.449 e. The highest BCUT2D eigenvalue weighted by molar-refractivity contribution is 6.65. The number of halogens is 6. The lowest BCUT2D eigenvalue weighted by Gasteiger charge is -1.96.